The Morgan fingerprint density at radius 3 is 2.71 bits per heavy atom. The van der Waals surface area contributed by atoms with Crippen LogP contribution in [0, 0.1) is 5.92 Å². The predicted octanol–water partition coefficient (Wildman–Crippen LogP) is 4.29. The predicted molar refractivity (Wildman–Crippen MR) is 124 cm³/mol. The molecular formula is C24H23N5OS. The number of nitrogens with one attached hydrogen (secondary N) is 1. The lowest BCUT2D eigenvalue weighted by atomic mass is 9.95. The maximum absolute atomic E-state index is 12.7. The molecule has 0 unspecified atom stereocenters. The molecule has 1 amide bonds. The van der Waals surface area contributed by atoms with Gasteiger partial charge in [-0.05, 0) is 48.1 Å². The summed E-state index contributed by atoms with van der Waals surface area (Å²) in [4.78, 5) is 29.8. The Morgan fingerprint density at radius 1 is 1.06 bits per heavy atom. The van der Waals surface area contributed by atoms with Crippen LogP contribution in [0.2, 0.25) is 0 Å². The summed E-state index contributed by atoms with van der Waals surface area (Å²) in [6.07, 6.45) is 5.15. The van der Waals surface area contributed by atoms with Crippen molar-refractivity contribution in [1.29, 1.82) is 0 Å². The molecule has 1 aromatic carbocycles. The summed E-state index contributed by atoms with van der Waals surface area (Å²) in [6, 6.07) is 16.1. The van der Waals surface area contributed by atoms with E-state index in [4.69, 9.17) is 9.97 Å². The Balaban J connectivity index is 1.30. The largest absolute Gasteiger partial charge is 0.356 e. The van der Waals surface area contributed by atoms with Gasteiger partial charge < -0.3 is 10.2 Å². The zero-order valence-corrected chi connectivity index (χ0v) is 17.9. The minimum atomic E-state index is 0.0257. The standard InChI is InChI=1S/C24H23N5OS/c30-24(26-16-17-5-3-11-25-15-17)18-9-12-29(13-10-18)23-19-6-1-2-7-20(19)27-22(28-23)21-8-4-14-31-21/h1-8,11,14-15,18H,9-10,12-13,16H2,(H,26,30). The first-order valence-electron chi connectivity index (χ1n) is 10.5. The van der Waals surface area contributed by atoms with Crippen LogP contribution >= 0.6 is 11.3 Å². The number of benzene rings is 1. The minimum absolute atomic E-state index is 0.0257. The Morgan fingerprint density at radius 2 is 1.94 bits per heavy atom. The fraction of sp³-hybridized carbons (Fsp3) is 0.250. The van der Waals surface area contributed by atoms with Crippen molar-refractivity contribution in [3.8, 4) is 10.7 Å². The molecule has 4 heterocycles. The van der Waals surface area contributed by atoms with Crippen molar-refractivity contribution in [2.75, 3.05) is 18.0 Å². The summed E-state index contributed by atoms with van der Waals surface area (Å²) in [7, 11) is 0. The quantitative estimate of drug-likeness (QED) is 0.513. The molecule has 1 fully saturated rings. The van der Waals surface area contributed by atoms with Crippen molar-refractivity contribution < 1.29 is 4.79 Å². The zero-order chi connectivity index (χ0) is 21.0. The van der Waals surface area contributed by atoms with E-state index in [0.29, 0.717) is 6.54 Å². The van der Waals surface area contributed by atoms with Gasteiger partial charge in [0.15, 0.2) is 5.82 Å². The molecular weight excluding hydrogens is 406 g/mol. The maximum atomic E-state index is 12.7. The van der Waals surface area contributed by atoms with Gasteiger partial charge in [0.1, 0.15) is 5.82 Å². The number of hydrogen-bond donors (Lipinski definition) is 1. The van der Waals surface area contributed by atoms with Gasteiger partial charge in [-0.25, -0.2) is 9.97 Å². The number of carbonyl (C=O) groups is 1. The topological polar surface area (TPSA) is 71.0 Å². The number of rotatable bonds is 5. The second-order valence-electron chi connectivity index (χ2n) is 7.71. The number of anilines is 1. The smallest absolute Gasteiger partial charge is 0.223 e. The molecule has 5 rings (SSSR count). The lowest BCUT2D eigenvalue weighted by Crippen LogP contribution is -2.40. The first-order chi connectivity index (χ1) is 15.3. The van der Waals surface area contributed by atoms with Crippen molar-refractivity contribution in [2.24, 2.45) is 5.92 Å². The van der Waals surface area contributed by atoms with Gasteiger partial charge in [-0.15, -0.1) is 11.3 Å². The highest BCUT2D eigenvalue weighted by molar-refractivity contribution is 7.13. The van der Waals surface area contributed by atoms with E-state index < -0.39 is 0 Å². The number of fused-ring (bicyclic) bond motifs is 1. The molecule has 0 saturated carbocycles. The highest BCUT2D eigenvalue weighted by atomic mass is 32.1. The fourth-order valence-electron chi connectivity index (χ4n) is 4.01. The molecule has 3 aromatic heterocycles. The molecule has 31 heavy (non-hydrogen) atoms. The maximum Gasteiger partial charge on any atom is 0.223 e. The van der Waals surface area contributed by atoms with Crippen LogP contribution in [0.4, 0.5) is 5.82 Å². The third-order valence-electron chi connectivity index (χ3n) is 5.68. The number of nitrogens with zero attached hydrogens (tertiary/aromatic N) is 4. The lowest BCUT2D eigenvalue weighted by molar-refractivity contribution is -0.125. The van der Waals surface area contributed by atoms with Crippen molar-refractivity contribution in [1.82, 2.24) is 20.3 Å². The van der Waals surface area contributed by atoms with Gasteiger partial charge in [-0.2, -0.15) is 0 Å². The van der Waals surface area contributed by atoms with E-state index >= 15 is 0 Å². The third kappa shape index (κ3) is 4.27. The summed E-state index contributed by atoms with van der Waals surface area (Å²) in [5.41, 5.74) is 1.97. The normalized spacial score (nSPS) is 14.6. The number of carbonyl (C=O) groups excluding carboxylic acids is 1. The van der Waals surface area contributed by atoms with Crippen LogP contribution in [-0.2, 0) is 11.3 Å². The molecule has 156 valence electrons. The Bertz CT molecular complexity index is 1170. The van der Waals surface area contributed by atoms with Gasteiger partial charge in [0.05, 0.1) is 10.4 Å². The van der Waals surface area contributed by atoms with Gasteiger partial charge >= 0.3 is 0 Å². The van der Waals surface area contributed by atoms with Crippen LogP contribution < -0.4 is 10.2 Å². The summed E-state index contributed by atoms with van der Waals surface area (Å²) in [5.74, 6) is 1.87. The second kappa shape index (κ2) is 8.81. The van der Waals surface area contributed by atoms with Crippen molar-refractivity contribution in [3.05, 3.63) is 71.9 Å². The number of piperidine rings is 1. The highest BCUT2D eigenvalue weighted by Crippen LogP contribution is 2.31. The molecule has 1 N–H and O–H groups in total. The molecule has 0 spiro atoms. The number of aromatic nitrogens is 3. The van der Waals surface area contributed by atoms with Crippen LogP contribution in [-0.4, -0.2) is 33.9 Å². The molecule has 0 bridgehead atoms. The molecule has 1 saturated heterocycles. The zero-order valence-electron chi connectivity index (χ0n) is 17.1. The van der Waals surface area contributed by atoms with Crippen molar-refractivity contribution in [2.45, 2.75) is 19.4 Å². The number of para-hydroxylation sites is 1. The number of thiophene rings is 1. The van der Waals surface area contributed by atoms with Crippen LogP contribution in [0.5, 0.6) is 0 Å². The Labute approximate surface area is 185 Å². The van der Waals surface area contributed by atoms with E-state index in [9.17, 15) is 4.79 Å². The summed E-state index contributed by atoms with van der Waals surface area (Å²) < 4.78 is 0. The van der Waals surface area contributed by atoms with E-state index in [1.807, 2.05) is 41.8 Å². The van der Waals surface area contributed by atoms with Crippen LogP contribution in [0.15, 0.2) is 66.3 Å². The van der Waals surface area contributed by atoms with E-state index in [1.54, 1.807) is 23.7 Å². The lowest BCUT2D eigenvalue weighted by Gasteiger charge is -2.33. The number of pyridine rings is 1. The average Bonchev–Trinajstić information content (AvgIpc) is 3.38. The number of hydrogen-bond acceptors (Lipinski definition) is 6. The Hall–Kier alpha value is -3.32. The van der Waals surface area contributed by atoms with E-state index in [-0.39, 0.29) is 11.8 Å². The summed E-state index contributed by atoms with van der Waals surface area (Å²) >= 11 is 1.65. The van der Waals surface area contributed by atoms with Crippen LogP contribution in [0.1, 0.15) is 18.4 Å². The van der Waals surface area contributed by atoms with Gasteiger partial charge in [0, 0.05) is 43.3 Å². The first-order valence-corrected chi connectivity index (χ1v) is 11.4. The van der Waals surface area contributed by atoms with E-state index in [2.05, 4.69) is 27.3 Å². The molecule has 7 heteroatoms. The molecule has 6 nitrogen and oxygen atoms in total. The van der Waals surface area contributed by atoms with Gasteiger partial charge in [0.25, 0.3) is 0 Å². The van der Waals surface area contributed by atoms with Gasteiger partial charge in [0.2, 0.25) is 5.91 Å². The monoisotopic (exact) mass is 429 g/mol. The molecule has 0 aliphatic carbocycles. The molecule has 4 aromatic rings. The Kier molecular flexibility index (Phi) is 5.58. The third-order valence-corrected chi connectivity index (χ3v) is 6.55. The fourth-order valence-corrected chi connectivity index (χ4v) is 4.66. The van der Waals surface area contributed by atoms with Crippen LogP contribution in [0.3, 0.4) is 0 Å². The molecule has 1 aliphatic heterocycles. The summed E-state index contributed by atoms with van der Waals surface area (Å²) in [5, 5.41) is 6.16. The molecule has 0 atom stereocenters. The first kappa shape index (κ1) is 19.6. The van der Waals surface area contributed by atoms with Gasteiger partial charge in [-0.3, -0.25) is 9.78 Å². The molecule has 1 aliphatic rings. The van der Waals surface area contributed by atoms with Crippen LogP contribution in [0.25, 0.3) is 21.6 Å². The van der Waals surface area contributed by atoms with E-state index in [0.717, 1.165) is 58.9 Å². The molecule has 0 radical (unpaired) electrons. The second-order valence-corrected chi connectivity index (χ2v) is 8.65. The van der Waals surface area contributed by atoms with Gasteiger partial charge in [-0.1, -0.05) is 24.3 Å². The van der Waals surface area contributed by atoms with Crippen molar-refractivity contribution >= 4 is 34.0 Å². The summed E-state index contributed by atoms with van der Waals surface area (Å²) in [6.45, 7) is 2.12. The minimum Gasteiger partial charge on any atom is -0.356 e. The highest BCUT2D eigenvalue weighted by Gasteiger charge is 2.27. The SMILES string of the molecule is O=C(NCc1cccnc1)C1CCN(c2nc(-c3cccs3)nc3ccccc23)CC1. The van der Waals surface area contributed by atoms with E-state index in [1.165, 1.54) is 0 Å². The number of amides is 1. The van der Waals surface area contributed by atoms with Crippen molar-refractivity contribution in [3.63, 3.8) is 0 Å². The average molecular weight is 430 g/mol.